The summed E-state index contributed by atoms with van der Waals surface area (Å²) >= 11 is 41.3. The number of hydrogen-bond acceptors (Lipinski definition) is 10. The number of aliphatic carboxylic acids is 2. The number of carboxylic acid groups (broad SMARTS) is 2. The third kappa shape index (κ3) is 32.0. The molecule has 0 radical (unpaired) electrons. The lowest BCUT2D eigenvalue weighted by molar-refractivity contribution is -0.165. The molecule has 502 valence electrons. The van der Waals surface area contributed by atoms with Gasteiger partial charge >= 0.3 is 11.9 Å². The van der Waals surface area contributed by atoms with Crippen LogP contribution in [0.4, 0.5) is 0 Å². The summed E-state index contributed by atoms with van der Waals surface area (Å²) in [6.45, 7) is 22.6. The van der Waals surface area contributed by atoms with E-state index in [2.05, 4.69) is 103 Å². The van der Waals surface area contributed by atoms with Gasteiger partial charge in [-0.15, -0.1) is 24.0 Å². The first-order valence-electron chi connectivity index (χ1n) is 31.2. The summed E-state index contributed by atoms with van der Waals surface area (Å²) < 4.78 is 0. The maximum absolute atomic E-state index is 9.77. The van der Waals surface area contributed by atoms with E-state index >= 15 is 0 Å². The zero-order valence-electron chi connectivity index (χ0n) is 53.2. The number of aryl methyl sites for hydroxylation is 1. The van der Waals surface area contributed by atoms with E-state index in [1.54, 1.807) is 6.92 Å². The van der Waals surface area contributed by atoms with Crippen LogP contribution in [0, 0.1) is 0 Å². The number of nitrogens with one attached hydrogen (secondary N) is 5. The van der Waals surface area contributed by atoms with E-state index in [1.807, 2.05) is 79.7 Å². The van der Waals surface area contributed by atoms with Gasteiger partial charge in [-0.3, -0.25) is 0 Å². The van der Waals surface area contributed by atoms with E-state index in [9.17, 15) is 9.59 Å². The van der Waals surface area contributed by atoms with Gasteiger partial charge in [0.1, 0.15) is 0 Å². The Morgan fingerprint density at radius 3 is 1.09 bits per heavy atom. The lowest BCUT2D eigenvalue weighted by atomic mass is 9.94. The van der Waals surface area contributed by atoms with Crippen LogP contribution in [0.15, 0.2) is 121 Å². The zero-order valence-corrected chi connectivity index (χ0v) is 59.3. The Labute approximate surface area is 582 Å². The summed E-state index contributed by atoms with van der Waals surface area (Å²) in [5.41, 5.74) is 14.1. The van der Waals surface area contributed by atoms with Gasteiger partial charge in [-0.05, 0) is 250 Å². The number of benzene rings is 6. The van der Waals surface area contributed by atoms with Gasteiger partial charge in [-0.25, -0.2) is 9.59 Å². The number of aliphatic hydroxyl groups is 3. The summed E-state index contributed by atoms with van der Waals surface area (Å²) in [7, 11) is 0. The number of carboxylic acids is 2. The molecular weight excluding hydrogens is 1320 g/mol. The highest BCUT2D eigenvalue weighted by atomic mass is 35.5. The molecule has 0 spiro atoms. The topological polar surface area (TPSA) is 195 Å². The second kappa shape index (κ2) is 44.8. The molecule has 10 rings (SSSR count). The summed E-state index contributed by atoms with van der Waals surface area (Å²) in [6.07, 6.45) is 5.77. The number of rotatable bonds is 13. The number of carbonyl (C=O) groups is 2. The minimum absolute atomic E-state index is 0. The van der Waals surface area contributed by atoms with Crippen molar-refractivity contribution in [1.82, 2.24) is 26.6 Å². The Morgan fingerprint density at radius 1 is 0.462 bits per heavy atom. The standard InChI is InChI=1S/C12H15Cl.C11H15Cl2N.C11H16ClNO.3C11H14ClN.C4H6O6.ClH/c1-9-4-2-3-5-10-6-7-11(13)8-12(9)10;1-9(12)8-14-7-6-10-2-4-11(13)5-3-10;1-9(14)8-13-7-6-10-2-4-11(12)5-3-10;3*1-8-7-13-5-4-9-2-3-10(12)6-11(8)9;5-1(3(7)8)2(6)4(9)10;/h6-9H,2-5H2,1H3;2-5,9,14H,6-8H2,1H3;2-5,9,13-14H,6-8H2,1H3;3*2-3,6,8,13H,4-5,7H2,1H3;1-2,5-6H,(H,7,8)(H,9,10);1H/t9-;;;2*8-;;1-,2-;/m0..00.1./s1. The van der Waals surface area contributed by atoms with Crippen LogP contribution in [-0.2, 0) is 48.1 Å². The second-order valence-corrected chi connectivity index (χ2v) is 26.8. The molecule has 91 heavy (non-hydrogen) atoms. The monoisotopic (exact) mass is 1410 g/mol. The lowest BCUT2D eigenvalue weighted by Gasteiger charge is -2.12. The van der Waals surface area contributed by atoms with Crippen molar-refractivity contribution < 1.29 is 35.1 Å². The fourth-order valence-electron chi connectivity index (χ4n) is 10.5. The van der Waals surface area contributed by atoms with Crippen molar-refractivity contribution in [3.63, 3.8) is 0 Å². The highest BCUT2D eigenvalue weighted by molar-refractivity contribution is 6.32. The van der Waals surface area contributed by atoms with Crippen LogP contribution in [-0.4, -0.2) is 127 Å². The first kappa shape index (κ1) is 81.5. The zero-order chi connectivity index (χ0) is 66.1. The molecule has 0 bridgehead atoms. The molecule has 0 saturated heterocycles. The summed E-state index contributed by atoms with van der Waals surface area (Å²) in [6, 6.07) is 40.8. The summed E-state index contributed by atoms with van der Waals surface area (Å²) in [5.74, 6) is -1.11. The predicted octanol–water partition coefficient (Wildman–Crippen LogP) is 15.2. The van der Waals surface area contributed by atoms with E-state index in [-0.39, 0.29) is 23.9 Å². The quantitative estimate of drug-likeness (QED) is 0.0299. The van der Waals surface area contributed by atoms with Crippen LogP contribution < -0.4 is 26.6 Å². The largest absolute Gasteiger partial charge is 0.479 e. The second-order valence-electron chi connectivity index (χ2n) is 23.4. The van der Waals surface area contributed by atoms with Crippen molar-refractivity contribution in [3.05, 3.63) is 207 Å². The average molecular weight is 1410 g/mol. The van der Waals surface area contributed by atoms with Crippen molar-refractivity contribution in [2.24, 2.45) is 0 Å². The van der Waals surface area contributed by atoms with E-state index in [0.29, 0.717) is 30.2 Å². The smallest absolute Gasteiger partial charge is 0.335 e. The van der Waals surface area contributed by atoms with Gasteiger partial charge in [0.05, 0.1) is 6.10 Å². The van der Waals surface area contributed by atoms with Gasteiger partial charge in [0.15, 0.2) is 12.2 Å². The van der Waals surface area contributed by atoms with Crippen LogP contribution in [0.2, 0.25) is 30.1 Å². The van der Waals surface area contributed by atoms with Crippen molar-refractivity contribution in [2.45, 2.75) is 147 Å². The van der Waals surface area contributed by atoms with E-state index in [0.717, 1.165) is 121 Å². The average Bonchev–Trinajstić information content (AvgIpc) is 2.67. The highest BCUT2D eigenvalue weighted by Gasteiger charge is 2.29. The SMILES string of the molecule is CC(Cl)CNCCc1ccc(Cl)cc1.CC(O)CNCCc1ccc(Cl)cc1.CC1CNCCc2ccc(Cl)cc21.C[C@H]1CCCCc2ccc(Cl)cc21.C[C@H]1CNCCc2ccc(Cl)cc21.C[C@H]1CNCCc2ccc(Cl)cc21.Cl.O=C(O)[C@H](O)[C@@H](O)C(=O)O. The predicted molar refractivity (Wildman–Crippen MR) is 384 cm³/mol. The Morgan fingerprint density at radius 2 is 0.769 bits per heavy atom. The van der Waals surface area contributed by atoms with Gasteiger partial charge in [0.25, 0.3) is 0 Å². The summed E-state index contributed by atoms with van der Waals surface area (Å²) in [5, 5.41) is 63.4. The van der Waals surface area contributed by atoms with Crippen molar-refractivity contribution in [3.8, 4) is 0 Å². The number of alkyl halides is 1. The Kier molecular flexibility index (Phi) is 40.2. The number of aliphatic hydroxyl groups excluding tert-OH is 3. The molecule has 4 aliphatic rings. The fourth-order valence-corrected chi connectivity index (χ4v) is 11.6. The molecular formula is C71H95Cl8N5O7. The molecule has 0 fully saturated rings. The van der Waals surface area contributed by atoms with Crippen LogP contribution in [0.3, 0.4) is 0 Å². The normalized spacial score (nSPS) is 18.3. The molecule has 20 heteroatoms. The van der Waals surface area contributed by atoms with Gasteiger partial charge < -0.3 is 52.1 Å². The minimum atomic E-state index is -2.27. The van der Waals surface area contributed by atoms with Gasteiger partial charge in [0, 0.05) is 68.2 Å². The molecule has 1 aliphatic carbocycles. The number of halogens is 8. The molecule has 6 aromatic rings. The van der Waals surface area contributed by atoms with Crippen molar-refractivity contribution in [2.75, 3.05) is 65.4 Å². The molecule has 3 aliphatic heterocycles. The highest BCUT2D eigenvalue weighted by Crippen LogP contribution is 2.32. The fraction of sp³-hybridized carbons (Fsp3) is 0.465. The van der Waals surface area contributed by atoms with Crippen LogP contribution in [0.5, 0.6) is 0 Å². The van der Waals surface area contributed by atoms with Crippen LogP contribution in [0.25, 0.3) is 0 Å². The third-order valence-electron chi connectivity index (χ3n) is 15.6. The maximum Gasteiger partial charge on any atom is 0.335 e. The van der Waals surface area contributed by atoms with Gasteiger partial charge in [0.2, 0.25) is 0 Å². The Balaban J connectivity index is 0.000000277. The van der Waals surface area contributed by atoms with Gasteiger partial charge in [-0.1, -0.05) is 152 Å². The Bertz CT molecular complexity index is 2720. The molecule has 6 aromatic carbocycles. The first-order valence-corrected chi connectivity index (χ1v) is 33.9. The maximum atomic E-state index is 9.77. The van der Waals surface area contributed by atoms with E-state index in [1.165, 1.54) is 81.3 Å². The Hall–Kier alpha value is -3.74. The van der Waals surface area contributed by atoms with E-state index in [4.69, 9.17) is 107 Å². The number of fused-ring (bicyclic) bond motifs is 4. The van der Waals surface area contributed by atoms with Gasteiger partial charge in [-0.2, -0.15) is 0 Å². The number of hydrogen-bond donors (Lipinski definition) is 10. The molecule has 3 heterocycles. The first-order chi connectivity index (χ1) is 42.9. The third-order valence-corrected chi connectivity index (χ3v) is 17.2. The molecule has 0 saturated carbocycles. The van der Waals surface area contributed by atoms with Crippen LogP contribution in [0.1, 0.15) is 140 Å². The summed E-state index contributed by atoms with van der Waals surface area (Å²) in [4.78, 5) is 19.5. The molecule has 3 unspecified atom stereocenters. The van der Waals surface area contributed by atoms with E-state index < -0.39 is 24.1 Å². The molecule has 8 atom stereocenters. The molecule has 12 nitrogen and oxygen atoms in total. The minimum Gasteiger partial charge on any atom is -0.479 e. The van der Waals surface area contributed by atoms with Crippen molar-refractivity contribution in [1.29, 1.82) is 0 Å². The van der Waals surface area contributed by atoms with Crippen LogP contribution >= 0.6 is 93.6 Å². The molecule has 0 aromatic heterocycles. The molecule has 0 amide bonds. The lowest BCUT2D eigenvalue weighted by Crippen LogP contribution is -2.39. The molecule has 10 N–H and O–H groups in total. The van der Waals surface area contributed by atoms with Crippen molar-refractivity contribution >= 4 is 106 Å².